The van der Waals surface area contributed by atoms with Crippen LogP contribution in [0.15, 0.2) is 30.3 Å². The van der Waals surface area contributed by atoms with E-state index in [-0.39, 0.29) is 6.10 Å². The van der Waals surface area contributed by atoms with Gasteiger partial charge in [0.2, 0.25) is 0 Å². The fourth-order valence-corrected chi connectivity index (χ4v) is 1.77. The smallest absolute Gasteiger partial charge is 0.0921 e. The summed E-state index contributed by atoms with van der Waals surface area (Å²) in [5, 5.41) is 0.851. The van der Waals surface area contributed by atoms with Crippen molar-refractivity contribution < 1.29 is 4.74 Å². The van der Waals surface area contributed by atoms with E-state index in [9.17, 15) is 0 Å². The molecule has 0 aliphatic heterocycles. The average Bonchev–Trinajstić information content (AvgIpc) is 2.20. The molecule has 0 saturated heterocycles. The number of rotatable bonds is 5. The number of halogens is 1. The lowest BCUT2D eigenvalue weighted by Crippen LogP contribution is -2.10. The van der Waals surface area contributed by atoms with E-state index >= 15 is 0 Å². The molecule has 0 amide bonds. The molecule has 78 valence electrons. The fourth-order valence-electron chi connectivity index (χ4n) is 1.21. The standard InChI is InChI=1S/C12H17BrO/c1-10(2)9-14-12(8-13)11-6-4-3-5-7-11/h3-7,10,12H,8-9H2,1-2H3. The molecule has 1 nitrogen and oxygen atoms in total. The third-order valence-corrected chi connectivity index (χ3v) is 2.53. The second-order valence-corrected chi connectivity index (χ2v) is 4.43. The Kier molecular flexibility index (Phi) is 5.20. The minimum Gasteiger partial charge on any atom is -0.372 e. The van der Waals surface area contributed by atoms with Gasteiger partial charge in [-0.3, -0.25) is 0 Å². The van der Waals surface area contributed by atoms with Crippen LogP contribution in [0.4, 0.5) is 0 Å². The van der Waals surface area contributed by atoms with Gasteiger partial charge in [0.05, 0.1) is 6.10 Å². The molecule has 1 atom stereocenters. The topological polar surface area (TPSA) is 9.23 Å². The van der Waals surface area contributed by atoms with Gasteiger partial charge < -0.3 is 4.74 Å². The van der Waals surface area contributed by atoms with Gasteiger partial charge >= 0.3 is 0 Å². The van der Waals surface area contributed by atoms with Crippen molar-refractivity contribution in [2.45, 2.75) is 20.0 Å². The van der Waals surface area contributed by atoms with E-state index in [1.54, 1.807) is 0 Å². The lowest BCUT2D eigenvalue weighted by Gasteiger charge is -2.17. The molecule has 1 aromatic carbocycles. The quantitative estimate of drug-likeness (QED) is 0.729. The summed E-state index contributed by atoms with van der Waals surface area (Å²) >= 11 is 3.48. The summed E-state index contributed by atoms with van der Waals surface area (Å²) in [5.74, 6) is 0.584. The third-order valence-electron chi connectivity index (χ3n) is 1.94. The molecule has 0 radical (unpaired) electrons. The first-order valence-corrected chi connectivity index (χ1v) is 6.08. The zero-order chi connectivity index (χ0) is 10.4. The third kappa shape index (κ3) is 3.81. The van der Waals surface area contributed by atoms with Crippen LogP contribution in [-0.4, -0.2) is 11.9 Å². The Balaban J connectivity index is 2.54. The van der Waals surface area contributed by atoms with Crippen molar-refractivity contribution >= 4 is 15.9 Å². The maximum atomic E-state index is 5.79. The van der Waals surface area contributed by atoms with Gasteiger partial charge in [-0.2, -0.15) is 0 Å². The normalized spacial score (nSPS) is 13.1. The Morgan fingerprint density at radius 1 is 1.21 bits per heavy atom. The number of hydrogen-bond donors (Lipinski definition) is 0. The molecule has 0 aliphatic rings. The van der Waals surface area contributed by atoms with Crippen molar-refractivity contribution in [2.24, 2.45) is 5.92 Å². The molecule has 0 bridgehead atoms. The van der Waals surface area contributed by atoms with Crippen LogP contribution in [-0.2, 0) is 4.74 Å². The highest BCUT2D eigenvalue weighted by atomic mass is 79.9. The minimum atomic E-state index is 0.179. The van der Waals surface area contributed by atoms with Gasteiger partial charge in [0.15, 0.2) is 0 Å². The molecule has 0 saturated carbocycles. The first kappa shape index (κ1) is 11.7. The maximum Gasteiger partial charge on any atom is 0.0921 e. The van der Waals surface area contributed by atoms with Crippen LogP contribution in [0.3, 0.4) is 0 Å². The minimum absolute atomic E-state index is 0.179. The summed E-state index contributed by atoms with van der Waals surface area (Å²) < 4.78 is 5.79. The van der Waals surface area contributed by atoms with E-state index in [1.807, 2.05) is 18.2 Å². The summed E-state index contributed by atoms with van der Waals surface area (Å²) in [6.07, 6.45) is 0.179. The van der Waals surface area contributed by atoms with Crippen molar-refractivity contribution in [3.05, 3.63) is 35.9 Å². The van der Waals surface area contributed by atoms with E-state index in [0.717, 1.165) is 11.9 Å². The van der Waals surface area contributed by atoms with Crippen molar-refractivity contribution in [2.75, 3.05) is 11.9 Å². The summed E-state index contributed by atoms with van der Waals surface area (Å²) in [5.41, 5.74) is 1.24. The van der Waals surface area contributed by atoms with Gasteiger partial charge in [0.25, 0.3) is 0 Å². The van der Waals surface area contributed by atoms with E-state index < -0.39 is 0 Å². The Bertz CT molecular complexity index is 246. The molecule has 1 rings (SSSR count). The van der Waals surface area contributed by atoms with Gasteiger partial charge in [-0.1, -0.05) is 60.1 Å². The summed E-state index contributed by atoms with van der Waals surface area (Å²) in [6, 6.07) is 10.3. The van der Waals surface area contributed by atoms with Crippen LogP contribution in [0.2, 0.25) is 0 Å². The highest BCUT2D eigenvalue weighted by Gasteiger charge is 2.10. The predicted molar refractivity (Wildman–Crippen MR) is 63.8 cm³/mol. The van der Waals surface area contributed by atoms with E-state index in [2.05, 4.69) is 41.9 Å². The van der Waals surface area contributed by atoms with Crippen LogP contribution < -0.4 is 0 Å². The fraction of sp³-hybridized carbons (Fsp3) is 0.500. The monoisotopic (exact) mass is 256 g/mol. The van der Waals surface area contributed by atoms with Crippen LogP contribution in [0.5, 0.6) is 0 Å². The molecule has 14 heavy (non-hydrogen) atoms. The molecule has 0 aromatic heterocycles. The highest BCUT2D eigenvalue weighted by molar-refractivity contribution is 9.09. The Hall–Kier alpha value is -0.340. The van der Waals surface area contributed by atoms with Crippen LogP contribution in [0.25, 0.3) is 0 Å². The largest absolute Gasteiger partial charge is 0.372 e. The van der Waals surface area contributed by atoms with Crippen molar-refractivity contribution in [3.8, 4) is 0 Å². The second kappa shape index (κ2) is 6.20. The van der Waals surface area contributed by atoms with E-state index in [1.165, 1.54) is 5.56 Å². The number of benzene rings is 1. The Morgan fingerprint density at radius 2 is 1.86 bits per heavy atom. The lowest BCUT2D eigenvalue weighted by atomic mass is 10.1. The van der Waals surface area contributed by atoms with E-state index in [4.69, 9.17) is 4.74 Å². The molecule has 0 heterocycles. The second-order valence-electron chi connectivity index (χ2n) is 3.78. The van der Waals surface area contributed by atoms with Crippen LogP contribution >= 0.6 is 15.9 Å². The molecule has 1 aromatic rings. The first-order valence-electron chi connectivity index (χ1n) is 4.96. The molecular weight excluding hydrogens is 240 g/mol. The van der Waals surface area contributed by atoms with Crippen LogP contribution in [0.1, 0.15) is 25.5 Å². The zero-order valence-corrected chi connectivity index (χ0v) is 10.3. The zero-order valence-electron chi connectivity index (χ0n) is 8.74. The van der Waals surface area contributed by atoms with E-state index in [0.29, 0.717) is 5.92 Å². The average molecular weight is 257 g/mol. The first-order chi connectivity index (χ1) is 6.74. The van der Waals surface area contributed by atoms with Crippen molar-refractivity contribution in [3.63, 3.8) is 0 Å². The molecule has 0 aliphatic carbocycles. The van der Waals surface area contributed by atoms with Gasteiger partial charge in [-0.25, -0.2) is 0 Å². The van der Waals surface area contributed by atoms with Gasteiger partial charge in [0.1, 0.15) is 0 Å². The van der Waals surface area contributed by atoms with Crippen molar-refractivity contribution in [1.29, 1.82) is 0 Å². The predicted octanol–water partition coefficient (Wildman–Crippen LogP) is 3.80. The molecule has 1 unspecified atom stereocenters. The number of hydrogen-bond acceptors (Lipinski definition) is 1. The number of ether oxygens (including phenoxy) is 1. The lowest BCUT2D eigenvalue weighted by molar-refractivity contribution is 0.0507. The van der Waals surface area contributed by atoms with Gasteiger partial charge in [-0.15, -0.1) is 0 Å². The molecule has 0 fully saturated rings. The maximum absolute atomic E-state index is 5.79. The Morgan fingerprint density at radius 3 is 2.36 bits per heavy atom. The summed E-state index contributed by atoms with van der Waals surface area (Å²) in [4.78, 5) is 0. The molecule has 2 heteroatoms. The van der Waals surface area contributed by atoms with Gasteiger partial charge in [-0.05, 0) is 11.5 Å². The summed E-state index contributed by atoms with van der Waals surface area (Å²) in [6.45, 7) is 5.14. The SMILES string of the molecule is CC(C)COC(CBr)c1ccccc1. The summed E-state index contributed by atoms with van der Waals surface area (Å²) in [7, 11) is 0. The molecule has 0 spiro atoms. The molecule has 0 N–H and O–H groups in total. The highest BCUT2D eigenvalue weighted by Crippen LogP contribution is 2.20. The molecular formula is C12H17BrO. The van der Waals surface area contributed by atoms with Crippen molar-refractivity contribution in [1.82, 2.24) is 0 Å². The number of alkyl halides is 1. The van der Waals surface area contributed by atoms with Crippen LogP contribution in [0, 0.1) is 5.92 Å². The Labute approximate surface area is 94.6 Å². The van der Waals surface area contributed by atoms with Gasteiger partial charge in [0, 0.05) is 11.9 Å².